The van der Waals surface area contributed by atoms with Crippen molar-refractivity contribution in [1.82, 2.24) is 34.6 Å². The molecule has 0 aliphatic rings. The number of nitrogens with one attached hydrogen (secondary N) is 2. The molecule has 1 amide bonds. The first-order chi connectivity index (χ1) is 17.7. The van der Waals surface area contributed by atoms with E-state index < -0.39 is 0 Å². The van der Waals surface area contributed by atoms with Crippen LogP contribution >= 0.6 is 0 Å². The van der Waals surface area contributed by atoms with Crippen LogP contribution in [-0.2, 0) is 24.3 Å². The summed E-state index contributed by atoms with van der Waals surface area (Å²) in [6.07, 6.45) is 5.80. The number of rotatable bonds is 10. The van der Waals surface area contributed by atoms with Gasteiger partial charge in [-0.05, 0) is 24.1 Å². The maximum atomic E-state index is 12.6. The molecule has 10 heteroatoms. The normalized spacial score (nSPS) is 11.1. The number of hydrogen-bond acceptors (Lipinski definition) is 7. The molecule has 0 fully saturated rings. The van der Waals surface area contributed by atoms with Gasteiger partial charge in [0, 0.05) is 26.1 Å². The Labute approximate surface area is 207 Å². The molecular formula is C26H26N8O2. The summed E-state index contributed by atoms with van der Waals surface area (Å²) in [6, 6.07) is 17.4. The Hall–Kier alpha value is -4.60. The number of amides is 1. The SMILES string of the molecule is O=C(CCn1cnc2ccccc2c1=O)NCCn1ncc2c(NCCc3ccccc3)ncnc21. The average Bonchev–Trinajstić information content (AvgIpc) is 3.33. The molecule has 0 aliphatic carbocycles. The van der Waals surface area contributed by atoms with Gasteiger partial charge in [0.15, 0.2) is 5.65 Å². The summed E-state index contributed by atoms with van der Waals surface area (Å²) in [6.45, 7) is 1.86. The molecule has 182 valence electrons. The van der Waals surface area contributed by atoms with E-state index in [1.54, 1.807) is 29.1 Å². The van der Waals surface area contributed by atoms with Crippen molar-refractivity contribution >= 4 is 33.7 Å². The van der Waals surface area contributed by atoms with E-state index in [1.165, 1.54) is 22.8 Å². The highest BCUT2D eigenvalue weighted by Crippen LogP contribution is 2.18. The summed E-state index contributed by atoms with van der Waals surface area (Å²) in [7, 11) is 0. The van der Waals surface area contributed by atoms with Gasteiger partial charge in [-0.15, -0.1) is 0 Å². The molecule has 0 saturated carbocycles. The number of para-hydroxylation sites is 1. The smallest absolute Gasteiger partial charge is 0.261 e. The van der Waals surface area contributed by atoms with Gasteiger partial charge in [0.1, 0.15) is 12.1 Å². The lowest BCUT2D eigenvalue weighted by molar-refractivity contribution is -0.121. The third-order valence-corrected chi connectivity index (χ3v) is 5.94. The van der Waals surface area contributed by atoms with Gasteiger partial charge in [0.05, 0.1) is 35.4 Å². The molecule has 3 heterocycles. The first-order valence-corrected chi connectivity index (χ1v) is 11.8. The van der Waals surface area contributed by atoms with Gasteiger partial charge in [-0.25, -0.2) is 19.6 Å². The Morgan fingerprint density at radius 3 is 2.61 bits per heavy atom. The largest absolute Gasteiger partial charge is 0.369 e. The van der Waals surface area contributed by atoms with Crippen molar-refractivity contribution < 1.29 is 4.79 Å². The zero-order valence-electron chi connectivity index (χ0n) is 19.7. The van der Waals surface area contributed by atoms with Crippen LogP contribution in [0.3, 0.4) is 0 Å². The van der Waals surface area contributed by atoms with Crippen molar-refractivity contribution in [3.8, 4) is 0 Å². The van der Waals surface area contributed by atoms with E-state index in [1.807, 2.05) is 24.3 Å². The highest BCUT2D eigenvalue weighted by atomic mass is 16.1. The van der Waals surface area contributed by atoms with Gasteiger partial charge < -0.3 is 10.6 Å². The van der Waals surface area contributed by atoms with Crippen LogP contribution < -0.4 is 16.2 Å². The fourth-order valence-corrected chi connectivity index (χ4v) is 4.04. The zero-order chi connectivity index (χ0) is 24.7. The Kier molecular flexibility index (Phi) is 6.93. The number of aromatic nitrogens is 6. The van der Waals surface area contributed by atoms with Crippen molar-refractivity contribution in [2.45, 2.75) is 25.9 Å². The van der Waals surface area contributed by atoms with E-state index >= 15 is 0 Å². The third-order valence-electron chi connectivity index (χ3n) is 5.94. The van der Waals surface area contributed by atoms with E-state index in [4.69, 9.17) is 0 Å². The fraction of sp³-hybridized carbons (Fsp3) is 0.231. The molecule has 0 unspecified atom stereocenters. The minimum absolute atomic E-state index is 0.149. The maximum absolute atomic E-state index is 12.6. The first-order valence-electron chi connectivity index (χ1n) is 11.8. The summed E-state index contributed by atoms with van der Waals surface area (Å²) in [5.74, 6) is 0.588. The summed E-state index contributed by atoms with van der Waals surface area (Å²) in [4.78, 5) is 37.9. The second kappa shape index (κ2) is 10.8. The highest BCUT2D eigenvalue weighted by molar-refractivity contribution is 5.86. The number of benzene rings is 2. The topological polar surface area (TPSA) is 120 Å². The lowest BCUT2D eigenvalue weighted by Gasteiger charge is -2.09. The van der Waals surface area contributed by atoms with Gasteiger partial charge in [-0.2, -0.15) is 5.10 Å². The second-order valence-corrected chi connectivity index (χ2v) is 8.35. The van der Waals surface area contributed by atoms with Crippen LogP contribution in [0.5, 0.6) is 0 Å². The lowest BCUT2D eigenvalue weighted by atomic mass is 10.1. The van der Waals surface area contributed by atoms with E-state index in [-0.39, 0.29) is 24.4 Å². The molecule has 2 N–H and O–H groups in total. The Balaban J connectivity index is 1.13. The average molecular weight is 483 g/mol. The van der Waals surface area contributed by atoms with Crippen molar-refractivity contribution in [3.05, 3.63) is 89.4 Å². The number of carbonyl (C=O) groups excluding carboxylic acids is 1. The van der Waals surface area contributed by atoms with Gasteiger partial charge in [0.2, 0.25) is 5.91 Å². The highest BCUT2D eigenvalue weighted by Gasteiger charge is 2.11. The second-order valence-electron chi connectivity index (χ2n) is 8.35. The number of aryl methyl sites for hydroxylation is 1. The van der Waals surface area contributed by atoms with E-state index in [0.29, 0.717) is 29.6 Å². The van der Waals surface area contributed by atoms with E-state index in [0.717, 1.165) is 24.2 Å². The number of nitrogens with zero attached hydrogens (tertiary/aromatic N) is 6. The number of carbonyl (C=O) groups is 1. The van der Waals surface area contributed by atoms with Crippen molar-refractivity contribution in [2.75, 3.05) is 18.4 Å². The van der Waals surface area contributed by atoms with Crippen LogP contribution in [-0.4, -0.2) is 48.3 Å². The van der Waals surface area contributed by atoms with Gasteiger partial charge in [0.25, 0.3) is 5.56 Å². The minimum Gasteiger partial charge on any atom is -0.369 e. The van der Waals surface area contributed by atoms with E-state index in [9.17, 15) is 9.59 Å². The Morgan fingerprint density at radius 1 is 0.889 bits per heavy atom. The molecular weight excluding hydrogens is 456 g/mol. The molecule has 5 aromatic rings. The van der Waals surface area contributed by atoms with Gasteiger partial charge in [-0.1, -0.05) is 42.5 Å². The lowest BCUT2D eigenvalue weighted by Crippen LogP contribution is -2.30. The molecule has 36 heavy (non-hydrogen) atoms. The minimum atomic E-state index is -0.149. The molecule has 2 aromatic carbocycles. The van der Waals surface area contributed by atoms with E-state index in [2.05, 4.69) is 42.8 Å². The Bertz CT molecular complexity index is 1540. The summed E-state index contributed by atoms with van der Waals surface area (Å²) in [5, 5.41) is 12.0. The predicted octanol–water partition coefficient (Wildman–Crippen LogP) is 2.40. The summed E-state index contributed by atoms with van der Waals surface area (Å²) >= 11 is 0. The maximum Gasteiger partial charge on any atom is 0.261 e. The van der Waals surface area contributed by atoms with Crippen LogP contribution in [0.4, 0.5) is 5.82 Å². The molecule has 0 spiro atoms. The van der Waals surface area contributed by atoms with Crippen molar-refractivity contribution in [3.63, 3.8) is 0 Å². The standard InChI is InChI=1S/C26H26N8O2/c35-23(11-14-33-18-31-22-9-5-4-8-20(22)26(33)36)27-13-15-34-25-21(16-32-34)24(29-17-30-25)28-12-10-19-6-2-1-3-7-19/h1-9,16-18H,10-15H2,(H,27,35)(H,28,29,30). The molecule has 0 radical (unpaired) electrons. The van der Waals surface area contributed by atoms with Crippen molar-refractivity contribution in [1.29, 1.82) is 0 Å². The zero-order valence-corrected chi connectivity index (χ0v) is 19.7. The van der Waals surface area contributed by atoms with Gasteiger partial charge >= 0.3 is 0 Å². The molecule has 5 rings (SSSR count). The third kappa shape index (κ3) is 5.22. The molecule has 3 aromatic heterocycles. The van der Waals surface area contributed by atoms with Gasteiger partial charge in [-0.3, -0.25) is 14.2 Å². The van der Waals surface area contributed by atoms with Crippen LogP contribution in [0.15, 0.2) is 78.2 Å². The van der Waals surface area contributed by atoms with Crippen LogP contribution in [0, 0.1) is 0 Å². The Morgan fingerprint density at radius 2 is 1.72 bits per heavy atom. The fourth-order valence-electron chi connectivity index (χ4n) is 4.04. The number of anilines is 1. The molecule has 0 aliphatic heterocycles. The monoisotopic (exact) mass is 482 g/mol. The molecule has 0 saturated heterocycles. The molecule has 10 nitrogen and oxygen atoms in total. The predicted molar refractivity (Wildman–Crippen MR) is 138 cm³/mol. The number of hydrogen-bond donors (Lipinski definition) is 2. The van der Waals surface area contributed by atoms with Crippen LogP contribution in [0.25, 0.3) is 21.9 Å². The first kappa shape index (κ1) is 23.2. The molecule has 0 bridgehead atoms. The molecule has 0 atom stereocenters. The van der Waals surface area contributed by atoms with Crippen LogP contribution in [0.2, 0.25) is 0 Å². The van der Waals surface area contributed by atoms with Crippen LogP contribution in [0.1, 0.15) is 12.0 Å². The summed E-state index contributed by atoms with van der Waals surface area (Å²) in [5.41, 5.74) is 2.45. The number of fused-ring (bicyclic) bond motifs is 2. The summed E-state index contributed by atoms with van der Waals surface area (Å²) < 4.78 is 3.21. The quantitative estimate of drug-likeness (QED) is 0.314. The van der Waals surface area contributed by atoms with Crippen molar-refractivity contribution in [2.24, 2.45) is 0 Å².